The summed E-state index contributed by atoms with van der Waals surface area (Å²) in [5.41, 5.74) is 2.67. The van der Waals surface area contributed by atoms with Crippen molar-refractivity contribution in [2.45, 2.75) is 31.7 Å². The molecule has 0 saturated carbocycles. The first-order valence-electron chi connectivity index (χ1n) is 8.96. The molecular formula is C19H21N5O3S. The van der Waals surface area contributed by atoms with Crippen LogP contribution < -0.4 is 9.47 Å². The fourth-order valence-corrected chi connectivity index (χ4v) is 4.01. The molecule has 2 aromatic heterocycles. The zero-order valence-electron chi connectivity index (χ0n) is 16.0. The number of tetrazole rings is 1. The SMILES string of the molecule is Cc1cc(C(=O)CSc2nnnn2C)c(C)n1C[C@H]1COc2ccccc2O1. The van der Waals surface area contributed by atoms with Crippen molar-refractivity contribution < 1.29 is 14.3 Å². The number of ketones is 1. The van der Waals surface area contributed by atoms with Gasteiger partial charge < -0.3 is 14.0 Å². The Bertz CT molecular complexity index is 1010. The zero-order valence-corrected chi connectivity index (χ0v) is 16.8. The Morgan fingerprint density at radius 2 is 2.07 bits per heavy atom. The summed E-state index contributed by atoms with van der Waals surface area (Å²) in [5.74, 6) is 1.87. The van der Waals surface area contributed by atoms with Crippen LogP contribution in [-0.4, -0.2) is 49.0 Å². The van der Waals surface area contributed by atoms with Crippen molar-refractivity contribution in [2.24, 2.45) is 7.05 Å². The minimum absolute atomic E-state index is 0.0542. The number of aryl methyl sites for hydroxylation is 2. The Morgan fingerprint density at radius 3 is 2.82 bits per heavy atom. The largest absolute Gasteiger partial charge is 0.486 e. The predicted molar refractivity (Wildman–Crippen MR) is 104 cm³/mol. The second-order valence-corrected chi connectivity index (χ2v) is 7.63. The molecule has 0 N–H and O–H groups in total. The number of ether oxygens (including phenoxy) is 2. The van der Waals surface area contributed by atoms with Crippen molar-refractivity contribution in [1.82, 2.24) is 24.8 Å². The summed E-state index contributed by atoms with van der Waals surface area (Å²) in [6.07, 6.45) is -0.109. The highest BCUT2D eigenvalue weighted by molar-refractivity contribution is 7.99. The molecule has 0 amide bonds. The first-order chi connectivity index (χ1) is 13.5. The van der Waals surface area contributed by atoms with Gasteiger partial charge in [0.1, 0.15) is 6.61 Å². The third-order valence-corrected chi connectivity index (χ3v) is 5.75. The van der Waals surface area contributed by atoms with Gasteiger partial charge in [-0.2, -0.15) is 0 Å². The molecule has 0 unspecified atom stereocenters. The maximum atomic E-state index is 12.7. The van der Waals surface area contributed by atoms with Gasteiger partial charge in [-0.15, -0.1) is 5.10 Å². The van der Waals surface area contributed by atoms with Crippen LogP contribution >= 0.6 is 11.8 Å². The minimum Gasteiger partial charge on any atom is -0.486 e. The van der Waals surface area contributed by atoms with Gasteiger partial charge in [0.15, 0.2) is 23.4 Å². The third kappa shape index (κ3) is 3.62. The number of fused-ring (bicyclic) bond motifs is 1. The van der Waals surface area contributed by atoms with Crippen LogP contribution in [-0.2, 0) is 13.6 Å². The van der Waals surface area contributed by atoms with Gasteiger partial charge in [0.2, 0.25) is 5.16 Å². The van der Waals surface area contributed by atoms with Crippen molar-refractivity contribution in [1.29, 1.82) is 0 Å². The average Bonchev–Trinajstić information content (AvgIpc) is 3.23. The topological polar surface area (TPSA) is 84.1 Å². The lowest BCUT2D eigenvalue weighted by molar-refractivity contribution is 0.0777. The van der Waals surface area contributed by atoms with E-state index in [1.165, 1.54) is 11.8 Å². The van der Waals surface area contributed by atoms with Gasteiger partial charge in [-0.05, 0) is 42.5 Å². The summed E-state index contributed by atoms with van der Waals surface area (Å²) in [6, 6.07) is 9.60. The van der Waals surface area contributed by atoms with E-state index in [0.29, 0.717) is 18.3 Å². The molecule has 8 nitrogen and oxygen atoms in total. The van der Waals surface area contributed by atoms with Crippen LogP contribution in [0.15, 0.2) is 35.5 Å². The van der Waals surface area contributed by atoms with Gasteiger partial charge in [-0.3, -0.25) is 4.79 Å². The standard InChI is InChI=1S/C19H21N5O3S/c1-12-8-15(16(25)11-28-19-20-21-22-23(19)3)13(2)24(12)9-14-10-26-17-6-4-5-7-18(17)27-14/h4-8,14H,9-11H2,1-3H3/t14-/m0/s1. The molecule has 3 heterocycles. The number of rotatable bonds is 6. The molecule has 1 aliphatic heterocycles. The Hall–Kier alpha value is -2.81. The molecule has 1 atom stereocenters. The van der Waals surface area contributed by atoms with E-state index in [1.807, 2.05) is 44.2 Å². The van der Waals surface area contributed by atoms with E-state index in [2.05, 4.69) is 20.1 Å². The number of nitrogens with zero attached hydrogens (tertiary/aromatic N) is 5. The van der Waals surface area contributed by atoms with Crippen LogP contribution in [0.4, 0.5) is 0 Å². The number of carbonyl (C=O) groups is 1. The van der Waals surface area contributed by atoms with Gasteiger partial charge in [-0.25, -0.2) is 4.68 Å². The van der Waals surface area contributed by atoms with E-state index in [9.17, 15) is 4.79 Å². The summed E-state index contributed by atoms with van der Waals surface area (Å²) in [4.78, 5) is 12.7. The Morgan fingerprint density at radius 1 is 1.29 bits per heavy atom. The molecule has 1 aromatic carbocycles. The summed E-state index contributed by atoms with van der Waals surface area (Å²) in [6.45, 7) is 5.07. The number of hydrogen-bond donors (Lipinski definition) is 0. The van der Waals surface area contributed by atoms with Gasteiger partial charge >= 0.3 is 0 Å². The maximum Gasteiger partial charge on any atom is 0.209 e. The third-order valence-electron chi connectivity index (χ3n) is 4.74. The van der Waals surface area contributed by atoms with Crippen LogP contribution in [0.25, 0.3) is 0 Å². The van der Waals surface area contributed by atoms with Crippen molar-refractivity contribution in [3.05, 3.63) is 47.3 Å². The van der Waals surface area contributed by atoms with E-state index < -0.39 is 0 Å². The number of carbonyl (C=O) groups excluding carboxylic acids is 1. The summed E-state index contributed by atoms with van der Waals surface area (Å²) >= 11 is 1.33. The van der Waals surface area contributed by atoms with Crippen molar-refractivity contribution in [3.63, 3.8) is 0 Å². The van der Waals surface area contributed by atoms with Crippen molar-refractivity contribution in [3.8, 4) is 11.5 Å². The molecule has 146 valence electrons. The second kappa shape index (κ2) is 7.67. The minimum atomic E-state index is -0.109. The van der Waals surface area contributed by atoms with Gasteiger partial charge in [0.05, 0.1) is 12.3 Å². The van der Waals surface area contributed by atoms with Crippen LogP contribution in [0, 0.1) is 13.8 Å². The molecule has 0 bridgehead atoms. The fourth-order valence-electron chi connectivity index (χ4n) is 3.27. The molecule has 0 fully saturated rings. The lowest BCUT2D eigenvalue weighted by Gasteiger charge is -2.27. The lowest BCUT2D eigenvalue weighted by atomic mass is 10.2. The van der Waals surface area contributed by atoms with Crippen LogP contribution in [0.5, 0.6) is 11.5 Å². The Labute approximate surface area is 166 Å². The number of thioether (sulfide) groups is 1. The smallest absolute Gasteiger partial charge is 0.209 e. The van der Waals surface area contributed by atoms with Gasteiger partial charge in [0, 0.05) is 24.0 Å². The quantitative estimate of drug-likeness (QED) is 0.465. The molecule has 0 radical (unpaired) electrons. The molecule has 0 saturated heterocycles. The monoisotopic (exact) mass is 399 g/mol. The average molecular weight is 399 g/mol. The van der Waals surface area contributed by atoms with Crippen LogP contribution in [0.2, 0.25) is 0 Å². The Kier molecular flexibility index (Phi) is 5.08. The summed E-state index contributed by atoms with van der Waals surface area (Å²) in [5, 5.41) is 11.9. The van der Waals surface area contributed by atoms with E-state index in [-0.39, 0.29) is 17.6 Å². The Balaban J connectivity index is 1.45. The molecule has 9 heteroatoms. The van der Waals surface area contributed by atoms with E-state index in [1.54, 1.807) is 11.7 Å². The predicted octanol–water partition coefficient (Wildman–Crippen LogP) is 2.44. The molecule has 0 spiro atoms. The highest BCUT2D eigenvalue weighted by atomic mass is 32.2. The van der Waals surface area contributed by atoms with E-state index >= 15 is 0 Å². The van der Waals surface area contributed by atoms with Crippen LogP contribution in [0.3, 0.4) is 0 Å². The van der Waals surface area contributed by atoms with Crippen molar-refractivity contribution in [2.75, 3.05) is 12.4 Å². The fraction of sp³-hybridized carbons (Fsp3) is 0.368. The molecule has 1 aliphatic rings. The first kappa shape index (κ1) is 18.5. The van der Waals surface area contributed by atoms with Crippen LogP contribution in [0.1, 0.15) is 21.7 Å². The number of para-hydroxylation sites is 2. The molecular weight excluding hydrogens is 378 g/mol. The normalized spacial score (nSPS) is 15.6. The molecule has 28 heavy (non-hydrogen) atoms. The number of hydrogen-bond acceptors (Lipinski definition) is 7. The summed E-state index contributed by atoms with van der Waals surface area (Å²) in [7, 11) is 1.75. The highest BCUT2D eigenvalue weighted by Gasteiger charge is 2.24. The highest BCUT2D eigenvalue weighted by Crippen LogP contribution is 2.31. The molecule has 3 aromatic rings. The van der Waals surface area contributed by atoms with Gasteiger partial charge in [-0.1, -0.05) is 23.9 Å². The lowest BCUT2D eigenvalue weighted by Crippen LogP contribution is -2.33. The number of Topliss-reactive ketones (excluding diaryl/α,β-unsaturated/α-hetero) is 1. The van der Waals surface area contributed by atoms with E-state index in [4.69, 9.17) is 9.47 Å². The number of benzene rings is 1. The second-order valence-electron chi connectivity index (χ2n) is 6.69. The molecule has 4 rings (SSSR count). The van der Waals surface area contributed by atoms with Crippen molar-refractivity contribution >= 4 is 17.5 Å². The maximum absolute atomic E-state index is 12.7. The zero-order chi connectivity index (χ0) is 19.7. The molecule has 0 aliphatic carbocycles. The summed E-state index contributed by atoms with van der Waals surface area (Å²) < 4.78 is 15.5. The van der Waals surface area contributed by atoms with E-state index in [0.717, 1.165) is 28.5 Å². The first-order valence-corrected chi connectivity index (χ1v) is 9.95. The van der Waals surface area contributed by atoms with Gasteiger partial charge in [0.25, 0.3) is 0 Å². The number of aromatic nitrogens is 5.